The number of halogens is 2. The molecule has 0 saturated heterocycles. The monoisotopic (exact) mass is 283 g/mol. The van der Waals surface area contributed by atoms with Crippen LogP contribution in [0.5, 0.6) is 0 Å². The van der Waals surface area contributed by atoms with Gasteiger partial charge in [0.15, 0.2) is 0 Å². The molecule has 16 heavy (non-hydrogen) atoms. The maximum Gasteiger partial charge on any atom is 0.139 e. The Hall–Kier alpha value is -1.36. The fourth-order valence-electron chi connectivity index (χ4n) is 1.61. The third kappa shape index (κ3) is 1.82. The summed E-state index contributed by atoms with van der Waals surface area (Å²) in [5.74, 6) is -0.350. The van der Waals surface area contributed by atoms with Gasteiger partial charge in [-0.15, -0.1) is 0 Å². The van der Waals surface area contributed by atoms with Crippen molar-refractivity contribution in [1.82, 2.24) is 9.78 Å². The third-order valence-electron chi connectivity index (χ3n) is 2.31. The number of nitrogens with two attached hydrogens (primary N) is 1. The maximum atomic E-state index is 13.4. The molecule has 0 radical (unpaired) electrons. The molecule has 0 aliphatic heterocycles. The van der Waals surface area contributed by atoms with Crippen LogP contribution in [-0.2, 0) is 0 Å². The minimum absolute atomic E-state index is 0.350. The van der Waals surface area contributed by atoms with Gasteiger partial charge in [0.25, 0.3) is 0 Å². The van der Waals surface area contributed by atoms with E-state index in [0.29, 0.717) is 15.8 Å². The predicted octanol–water partition coefficient (Wildman–Crippen LogP) is 2.97. The van der Waals surface area contributed by atoms with Crippen molar-refractivity contribution in [3.8, 4) is 5.69 Å². The third-order valence-corrected chi connectivity index (χ3v) is 2.92. The van der Waals surface area contributed by atoms with Gasteiger partial charge in [-0.25, -0.2) is 9.07 Å². The predicted molar refractivity (Wildman–Crippen MR) is 65.1 cm³/mol. The molecule has 0 saturated carbocycles. The first-order valence-corrected chi connectivity index (χ1v) is 5.56. The van der Waals surface area contributed by atoms with E-state index in [-0.39, 0.29) is 5.82 Å². The molecule has 0 aliphatic carbocycles. The summed E-state index contributed by atoms with van der Waals surface area (Å²) in [6.07, 6.45) is 0. The highest BCUT2D eigenvalue weighted by atomic mass is 79.9. The van der Waals surface area contributed by atoms with Crippen LogP contribution in [0.2, 0.25) is 0 Å². The number of nitrogen functional groups attached to an aromatic ring is 1. The highest BCUT2D eigenvalue weighted by Crippen LogP contribution is 2.26. The first kappa shape index (κ1) is 11.1. The van der Waals surface area contributed by atoms with Gasteiger partial charge in [-0.3, -0.25) is 0 Å². The van der Waals surface area contributed by atoms with E-state index in [9.17, 15) is 4.39 Å². The van der Waals surface area contributed by atoms with Crippen LogP contribution < -0.4 is 5.73 Å². The van der Waals surface area contributed by atoms with Crippen molar-refractivity contribution in [2.24, 2.45) is 0 Å². The summed E-state index contributed by atoms with van der Waals surface area (Å²) in [7, 11) is 0. The Balaban J connectivity index is 2.64. The summed E-state index contributed by atoms with van der Waals surface area (Å²) in [6, 6.07) is 4.83. The normalized spacial score (nSPS) is 10.8. The Morgan fingerprint density at radius 1 is 1.31 bits per heavy atom. The second kappa shape index (κ2) is 3.90. The molecule has 5 heteroatoms. The van der Waals surface area contributed by atoms with E-state index in [2.05, 4.69) is 21.0 Å². The maximum absolute atomic E-state index is 13.4. The fourth-order valence-corrected chi connectivity index (χ4v) is 1.97. The van der Waals surface area contributed by atoms with Crippen LogP contribution in [0.3, 0.4) is 0 Å². The van der Waals surface area contributed by atoms with Crippen LogP contribution in [0.25, 0.3) is 5.69 Å². The molecule has 2 aromatic rings. The molecule has 0 unspecified atom stereocenters. The van der Waals surface area contributed by atoms with Gasteiger partial charge in [0.05, 0.1) is 21.5 Å². The van der Waals surface area contributed by atoms with E-state index in [0.717, 1.165) is 11.4 Å². The summed E-state index contributed by atoms with van der Waals surface area (Å²) in [4.78, 5) is 0. The quantitative estimate of drug-likeness (QED) is 0.818. The number of hydrogen-bond donors (Lipinski definition) is 1. The van der Waals surface area contributed by atoms with Gasteiger partial charge in [-0.1, -0.05) is 0 Å². The molecule has 0 amide bonds. The summed E-state index contributed by atoms with van der Waals surface area (Å²) in [5.41, 5.74) is 8.69. The van der Waals surface area contributed by atoms with Crippen LogP contribution in [0.15, 0.2) is 22.7 Å². The van der Waals surface area contributed by atoms with Gasteiger partial charge in [-0.2, -0.15) is 5.10 Å². The van der Waals surface area contributed by atoms with Crippen LogP contribution in [0, 0.1) is 19.7 Å². The molecule has 0 atom stereocenters. The SMILES string of the molecule is Cc1cc(C)n(-c2cc(F)c(Br)cc2N)n1. The average Bonchev–Trinajstić information content (AvgIpc) is 2.51. The molecule has 84 valence electrons. The highest BCUT2D eigenvalue weighted by Gasteiger charge is 2.10. The summed E-state index contributed by atoms with van der Waals surface area (Å²) in [5, 5.41) is 4.27. The molecule has 0 spiro atoms. The second-order valence-electron chi connectivity index (χ2n) is 3.66. The van der Waals surface area contributed by atoms with Crippen molar-refractivity contribution in [3.05, 3.63) is 39.9 Å². The molecule has 0 fully saturated rings. The summed E-state index contributed by atoms with van der Waals surface area (Å²) >= 11 is 3.09. The average molecular weight is 284 g/mol. The van der Waals surface area contributed by atoms with Crippen LogP contribution >= 0.6 is 15.9 Å². The number of benzene rings is 1. The van der Waals surface area contributed by atoms with Crippen molar-refractivity contribution in [2.45, 2.75) is 13.8 Å². The van der Waals surface area contributed by atoms with Crippen molar-refractivity contribution < 1.29 is 4.39 Å². The number of rotatable bonds is 1. The van der Waals surface area contributed by atoms with E-state index >= 15 is 0 Å². The lowest BCUT2D eigenvalue weighted by molar-refractivity contribution is 0.618. The standard InChI is InChI=1S/C11H11BrFN3/c1-6-3-7(2)16(15-6)11-5-9(13)8(12)4-10(11)14/h3-5H,14H2,1-2H3. The molecular weight excluding hydrogens is 273 g/mol. The number of nitrogens with zero attached hydrogens (tertiary/aromatic N) is 2. The zero-order valence-corrected chi connectivity index (χ0v) is 10.5. The van der Waals surface area contributed by atoms with Gasteiger partial charge in [0.1, 0.15) is 5.82 Å². The Kier molecular flexibility index (Phi) is 2.71. The first-order chi connectivity index (χ1) is 7.49. The van der Waals surface area contributed by atoms with Crippen LogP contribution in [0.1, 0.15) is 11.4 Å². The molecule has 3 nitrogen and oxygen atoms in total. The van der Waals surface area contributed by atoms with Crippen molar-refractivity contribution in [2.75, 3.05) is 5.73 Å². The molecule has 2 N–H and O–H groups in total. The van der Waals surface area contributed by atoms with Gasteiger partial charge in [0, 0.05) is 11.8 Å². The van der Waals surface area contributed by atoms with E-state index in [1.165, 1.54) is 6.07 Å². The first-order valence-electron chi connectivity index (χ1n) is 4.77. The van der Waals surface area contributed by atoms with Gasteiger partial charge >= 0.3 is 0 Å². The van der Waals surface area contributed by atoms with E-state index in [1.54, 1.807) is 10.7 Å². The van der Waals surface area contributed by atoms with Crippen molar-refractivity contribution in [3.63, 3.8) is 0 Å². The molecule has 0 aliphatic rings. The van der Waals surface area contributed by atoms with E-state index < -0.39 is 0 Å². The molecule has 1 heterocycles. The largest absolute Gasteiger partial charge is 0.397 e. The number of aromatic nitrogens is 2. The Labute approximate surface area is 101 Å². The second-order valence-corrected chi connectivity index (χ2v) is 4.52. The Bertz CT molecular complexity index is 548. The molecule has 2 rings (SSSR count). The van der Waals surface area contributed by atoms with Gasteiger partial charge in [0.2, 0.25) is 0 Å². The van der Waals surface area contributed by atoms with Crippen molar-refractivity contribution in [1.29, 1.82) is 0 Å². The zero-order valence-electron chi connectivity index (χ0n) is 8.96. The highest BCUT2D eigenvalue weighted by molar-refractivity contribution is 9.10. The van der Waals surface area contributed by atoms with Crippen LogP contribution in [0.4, 0.5) is 10.1 Å². The molecule has 1 aromatic heterocycles. The van der Waals surface area contributed by atoms with Gasteiger partial charge in [-0.05, 0) is 41.9 Å². The lowest BCUT2D eigenvalue weighted by atomic mass is 10.2. The molecule has 1 aromatic carbocycles. The number of aryl methyl sites for hydroxylation is 2. The minimum Gasteiger partial charge on any atom is -0.397 e. The lowest BCUT2D eigenvalue weighted by Crippen LogP contribution is -2.04. The molecular formula is C11H11BrFN3. The summed E-state index contributed by atoms with van der Waals surface area (Å²) in [6.45, 7) is 3.79. The van der Waals surface area contributed by atoms with Crippen molar-refractivity contribution >= 4 is 21.6 Å². The fraction of sp³-hybridized carbons (Fsp3) is 0.182. The van der Waals surface area contributed by atoms with E-state index in [4.69, 9.17) is 5.73 Å². The zero-order chi connectivity index (χ0) is 11.9. The van der Waals surface area contributed by atoms with Gasteiger partial charge < -0.3 is 5.73 Å². The Morgan fingerprint density at radius 3 is 2.56 bits per heavy atom. The van der Waals surface area contributed by atoms with Crippen LogP contribution in [-0.4, -0.2) is 9.78 Å². The molecule has 0 bridgehead atoms. The smallest absolute Gasteiger partial charge is 0.139 e. The minimum atomic E-state index is -0.350. The number of anilines is 1. The summed E-state index contributed by atoms with van der Waals surface area (Å²) < 4.78 is 15.4. The Morgan fingerprint density at radius 2 is 2.00 bits per heavy atom. The van der Waals surface area contributed by atoms with E-state index in [1.807, 2.05) is 19.9 Å². The lowest BCUT2D eigenvalue weighted by Gasteiger charge is -2.08. The number of hydrogen-bond acceptors (Lipinski definition) is 2. The topological polar surface area (TPSA) is 43.8 Å².